The topological polar surface area (TPSA) is 21.3 Å². The maximum Gasteiger partial charge on any atom is 0.0953 e. The van der Waals surface area contributed by atoms with E-state index in [-0.39, 0.29) is 6.10 Å². The fourth-order valence-electron chi connectivity index (χ4n) is 2.17. The molecule has 2 aromatic carbocycles. The molecule has 0 heterocycles. The summed E-state index contributed by atoms with van der Waals surface area (Å²) in [4.78, 5) is 0. The van der Waals surface area contributed by atoms with E-state index in [1.165, 1.54) is 16.7 Å². The third-order valence-electron chi connectivity index (χ3n) is 3.45. The predicted octanol–water partition coefficient (Wildman–Crippen LogP) is 4.25. The summed E-state index contributed by atoms with van der Waals surface area (Å²) in [6.45, 7) is 7.88. The van der Waals surface area contributed by atoms with Crippen LogP contribution in [0.25, 0.3) is 0 Å². The lowest BCUT2D eigenvalue weighted by molar-refractivity contribution is 0.0386. The Balaban J connectivity index is 2.03. The van der Waals surface area contributed by atoms with Crippen molar-refractivity contribution in [1.82, 2.24) is 5.32 Å². The highest BCUT2D eigenvalue weighted by molar-refractivity contribution is 5.23. The fourth-order valence-corrected chi connectivity index (χ4v) is 2.17. The molecule has 2 rings (SSSR count). The van der Waals surface area contributed by atoms with E-state index < -0.39 is 0 Å². The minimum Gasteiger partial charge on any atom is -0.368 e. The molecule has 2 aromatic rings. The van der Waals surface area contributed by atoms with Gasteiger partial charge in [-0.25, -0.2) is 0 Å². The molecule has 112 valence electrons. The third-order valence-corrected chi connectivity index (χ3v) is 3.45. The quantitative estimate of drug-likeness (QED) is 0.820. The lowest BCUT2D eigenvalue weighted by Gasteiger charge is -2.21. The van der Waals surface area contributed by atoms with Crippen LogP contribution in [-0.4, -0.2) is 12.6 Å². The second-order valence-corrected chi connectivity index (χ2v) is 5.76. The molecule has 0 fully saturated rings. The lowest BCUT2D eigenvalue weighted by atomic mass is 10.1. The minimum atomic E-state index is 0.0770. The molecule has 0 bridgehead atoms. The summed E-state index contributed by atoms with van der Waals surface area (Å²) in [7, 11) is 0. The monoisotopic (exact) mass is 283 g/mol. The summed E-state index contributed by atoms with van der Waals surface area (Å²) in [6.07, 6.45) is 0.0770. The van der Waals surface area contributed by atoms with Crippen molar-refractivity contribution in [3.63, 3.8) is 0 Å². The number of aryl methyl sites for hydroxylation is 1. The van der Waals surface area contributed by atoms with E-state index in [0.29, 0.717) is 12.6 Å². The van der Waals surface area contributed by atoms with E-state index in [1.54, 1.807) is 0 Å². The van der Waals surface area contributed by atoms with Crippen LogP contribution >= 0.6 is 0 Å². The Kier molecular flexibility index (Phi) is 5.97. The van der Waals surface area contributed by atoms with Crippen molar-refractivity contribution in [2.24, 2.45) is 0 Å². The first-order chi connectivity index (χ1) is 10.1. The summed E-state index contributed by atoms with van der Waals surface area (Å²) >= 11 is 0. The van der Waals surface area contributed by atoms with Crippen molar-refractivity contribution in [2.75, 3.05) is 6.54 Å². The van der Waals surface area contributed by atoms with Gasteiger partial charge in [-0.15, -0.1) is 0 Å². The first-order valence-electron chi connectivity index (χ1n) is 7.60. The molecule has 1 unspecified atom stereocenters. The lowest BCUT2D eigenvalue weighted by Crippen LogP contribution is -2.29. The van der Waals surface area contributed by atoms with Gasteiger partial charge >= 0.3 is 0 Å². The maximum absolute atomic E-state index is 6.14. The number of nitrogens with one attached hydrogen (secondary N) is 1. The Morgan fingerprint density at radius 1 is 0.952 bits per heavy atom. The van der Waals surface area contributed by atoms with Crippen molar-refractivity contribution >= 4 is 0 Å². The van der Waals surface area contributed by atoms with Crippen LogP contribution < -0.4 is 5.32 Å². The standard InChI is InChI=1S/C19H25NO/c1-15(2)20-13-19(18-11-9-16(3)10-12-18)21-14-17-7-5-4-6-8-17/h4-12,15,19-20H,13-14H2,1-3H3. The minimum absolute atomic E-state index is 0.0770. The van der Waals surface area contributed by atoms with Crippen molar-refractivity contribution in [3.8, 4) is 0 Å². The zero-order valence-electron chi connectivity index (χ0n) is 13.2. The van der Waals surface area contributed by atoms with Crippen LogP contribution in [0.5, 0.6) is 0 Å². The van der Waals surface area contributed by atoms with Crippen LogP contribution in [0.1, 0.15) is 36.6 Å². The van der Waals surface area contributed by atoms with Gasteiger partial charge in [0, 0.05) is 12.6 Å². The van der Waals surface area contributed by atoms with Gasteiger partial charge in [0.2, 0.25) is 0 Å². The number of hydrogen-bond donors (Lipinski definition) is 1. The molecule has 1 atom stereocenters. The molecule has 0 aliphatic heterocycles. The molecule has 0 spiro atoms. The molecule has 2 nitrogen and oxygen atoms in total. The Labute approximate surface area is 128 Å². The van der Waals surface area contributed by atoms with Gasteiger partial charge in [-0.05, 0) is 18.1 Å². The van der Waals surface area contributed by atoms with Gasteiger partial charge < -0.3 is 10.1 Å². The number of hydrogen-bond acceptors (Lipinski definition) is 2. The van der Waals surface area contributed by atoms with Crippen LogP contribution in [0.15, 0.2) is 54.6 Å². The van der Waals surface area contributed by atoms with Gasteiger partial charge in [-0.3, -0.25) is 0 Å². The van der Waals surface area contributed by atoms with Gasteiger partial charge in [0.05, 0.1) is 12.7 Å². The van der Waals surface area contributed by atoms with E-state index in [0.717, 1.165) is 6.54 Å². The van der Waals surface area contributed by atoms with Crippen molar-refractivity contribution < 1.29 is 4.74 Å². The van der Waals surface area contributed by atoms with Gasteiger partial charge in [0.15, 0.2) is 0 Å². The number of ether oxygens (including phenoxy) is 1. The van der Waals surface area contributed by atoms with Crippen LogP contribution in [0.4, 0.5) is 0 Å². The molecular weight excluding hydrogens is 258 g/mol. The molecule has 0 amide bonds. The summed E-state index contributed by atoms with van der Waals surface area (Å²) in [6, 6.07) is 19.4. The van der Waals surface area contributed by atoms with Gasteiger partial charge in [-0.1, -0.05) is 74.0 Å². The average molecular weight is 283 g/mol. The Hall–Kier alpha value is -1.64. The second-order valence-electron chi connectivity index (χ2n) is 5.76. The van der Waals surface area contributed by atoms with Gasteiger partial charge in [0.25, 0.3) is 0 Å². The van der Waals surface area contributed by atoms with E-state index >= 15 is 0 Å². The third kappa shape index (κ3) is 5.33. The normalized spacial score (nSPS) is 12.6. The van der Waals surface area contributed by atoms with Gasteiger partial charge in [-0.2, -0.15) is 0 Å². The smallest absolute Gasteiger partial charge is 0.0953 e. The van der Waals surface area contributed by atoms with Gasteiger partial charge in [0.1, 0.15) is 0 Å². The van der Waals surface area contributed by atoms with Crippen molar-refractivity contribution in [2.45, 2.75) is 39.5 Å². The summed E-state index contributed by atoms with van der Waals surface area (Å²) in [5.41, 5.74) is 3.71. The van der Waals surface area contributed by atoms with Crippen LogP contribution in [0.2, 0.25) is 0 Å². The first-order valence-corrected chi connectivity index (χ1v) is 7.60. The average Bonchev–Trinajstić information content (AvgIpc) is 2.49. The van der Waals surface area contributed by atoms with E-state index in [9.17, 15) is 0 Å². The van der Waals surface area contributed by atoms with Crippen LogP contribution in [-0.2, 0) is 11.3 Å². The highest BCUT2D eigenvalue weighted by atomic mass is 16.5. The van der Waals surface area contributed by atoms with E-state index in [1.807, 2.05) is 18.2 Å². The molecule has 0 aliphatic rings. The zero-order chi connectivity index (χ0) is 15.1. The zero-order valence-corrected chi connectivity index (χ0v) is 13.2. The van der Waals surface area contributed by atoms with Crippen molar-refractivity contribution in [1.29, 1.82) is 0 Å². The van der Waals surface area contributed by atoms with Crippen molar-refractivity contribution in [3.05, 3.63) is 71.3 Å². The molecule has 0 aliphatic carbocycles. The molecule has 0 aromatic heterocycles. The number of rotatable bonds is 7. The summed E-state index contributed by atoms with van der Waals surface area (Å²) in [5, 5.41) is 3.47. The first kappa shape index (κ1) is 15.7. The molecule has 0 saturated carbocycles. The Bertz CT molecular complexity index is 519. The highest BCUT2D eigenvalue weighted by Gasteiger charge is 2.12. The fraction of sp³-hybridized carbons (Fsp3) is 0.368. The largest absolute Gasteiger partial charge is 0.368 e. The summed E-state index contributed by atoms with van der Waals surface area (Å²) in [5.74, 6) is 0. The maximum atomic E-state index is 6.14. The molecule has 2 heteroatoms. The van der Waals surface area contributed by atoms with Crippen LogP contribution in [0.3, 0.4) is 0 Å². The van der Waals surface area contributed by atoms with Crippen LogP contribution in [0, 0.1) is 6.92 Å². The molecule has 1 N–H and O–H groups in total. The van der Waals surface area contributed by atoms with E-state index in [4.69, 9.17) is 4.74 Å². The Morgan fingerprint density at radius 3 is 2.24 bits per heavy atom. The number of benzene rings is 2. The molecule has 0 radical (unpaired) electrons. The Morgan fingerprint density at radius 2 is 1.62 bits per heavy atom. The predicted molar refractivity (Wildman–Crippen MR) is 88.3 cm³/mol. The molecule has 21 heavy (non-hydrogen) atoms. The summed E-state index contributed by atoms with van der Waals surface area (Å²) < 4.78 is 6.14. The second kappa shape index (κ2) is 7.96. The van der Waals surface area contributed by atoms with E-state index in [2.05, 4.69) is 62.5 Å². The molecular formula is C19H25NO. The SMILES string of the molecule is Cc1ccc(C(CNC(C)C)OCc2ccccc2)cc1. The highest BCUT2D eigenvalue weighted by Crippen LogP contribution is 2.19. The molecule has 0 saturated heterocycles.